The summed E-state index contributed by atoms with van der Waals surface area (Å²) in [6.07, 6.45) is 10.7. The third kappa shape index (κ3) is 5.40. The monoisotopic (exact) mass is 441 g/mol. The van der Waals surface area contributed by atoms with E-state index >= 15 is 0 Å². The lowest BCUT2D eigenvalue weighted by Crippen LogP contribution is -2.29. The van der Waals surface area contributed by atoms with Gasteiger partial charge in [0, 0.05) is 37.2 Å². The molecule has 4 rings (SSSR count). The summed E-state index contributed by atoms with van der Waals surface area (Å²) in [7, 11) is 1.75. The molecule has 2 aromatic heterocycles. The number of benzene rings is 1. The number of hydrogen-bond donors (Lipinski definition) is 2. The largest absolute Gasteiger partial charge is 0.383 e. The molecule has 0 aliphatic heterocycles. The van der Waals surface area contributed by atoms with Crippen LogP contribution in [0, 0.1) is 0 Å². The fourth-order valence-corrected chi connectivity index (χ4v) is 3.89. The van der Waals surface area contributed by atoms with E-state index < -0.39 is 0 Å². The average molecular weight is 442 g/mol. The lowest BCUT2D eigenvalue weighted by atomic mass is 10.1. The van der Waals surface area contributed by atoms with Crippen molar-refractivity contribution in [2.45, 2.75) is 39.7 Å². The zero-order chi connectivity index (χ0) is 23.2. The van der Waals surface area contributed by atoms with Gasteiger partial charge in [-0.3, -0.25) is 14.3 Å². The SMILES string of the molecule is CCc1ccncc1/C=C(\C)CNC(Cn1c(-c2ccccc2)ncc(NC)c1=O)=C1CC1. The first-order valence-corrected chi connectivity index (χ1v) is 11.5. The van der Waals surface area contributed by atoms with Crippen molar-refractivity contribution in [1.82, 2.24) is 19.9 Å². The summed E-state index contributed by atoms with van der Waals surface area (Å²) >= 11 is 0. The molecule has 0 bridgehead atoms. The highest BCUT2D eigenvalue weighted by molar-refractivity contribution is 5.57. The van der Waals surface area contributed by atoms with Gasteiger partial charge in [-0.1, -0.05) is 48.9 Å². The van der Waals surface area contributed by atoms with Crippen molar-refractivity contribution in [3.63, 3.8) is 0 Å². The highest BCUT2D eigenvalue weighted by Crippen LogP contribution is 2.31. The van der Waals surface area contributed by atoms with Crippen LogP contribution in [0.3, 0.4) is 0 Å². The normalized spacial score (nSPS) is 13.1. The van der Waals surface area contributed by atoms with Crippen molar-refractivity contribution in [3.8, 4) is 11.4 Å². The molecule has 170 valence electrons. The second-order valence-electron chi connectivity index (χ2n) is 8.36. The Kier molecular flexibility index (Phi) is 7.03. The number of nitrogens with zero attached hydrogens (tertiary/aromatic N) is 3. The van der Waals surface area contributed by atoms with Crippen LogP contribution in [0.15, 0.2) is 76.6 Å². The van der Waals surface area contributed by atoms with E-state index in [1.807, 2.05) is 42.7 Å². The Hall–Kier alpha value is -3.67. The summed E-state index contributed by atoms with van der Waals surface area (Å²) in [5.41, 5.74) is 7.51. The van der Waals surface area contributed by atoms with Gasteiger partial charge in [0.25, 0.3) is 5.56 Å². The zero-order valence-corrected chi connectivity index (χ0v) is 19.6. The third-order valence-corrected chi connectivity index (χ3v) is 5.90. The van der Waals surface area contributed by atoms with Crippen LogP contribution in [0.2, 0.25) is 0 Å². The number of rotatable bonds is 9. The predicted octanol–water partition coefficient (Wildman–Crippen LogP) is 4.65. The molecule has 0 saturated heterocycles. The first kappa shape index (κ1) is 22.5. The summed E-state index contributed by atoms with van der Waals surface area (Å²) in [5, 5.41) is 6.59. The van der Waals surface area contributed by atoms with E-state index in [-0.39, 0.29) is 5.56 Å². The maximum atomic E-state index is 13.2. The van der Waals surface area contributed by atoms with E-state index in [1.54, 1.807) is 17.8 Å². The maximum absolute atomic E-state index is 13.2. The van der Waals surface area contributed by atoms with E-state index in [0.29, 0.717) is 24.6 Å². The Labute approximate surface area is 195 Å². The smallest absolute Gasteiger partial charge is 0.277 e. The standard InChI is InChI=1S/C27H31N5O/c1-4-20-12-13-29-16-23(20)14-19(2)15-30-25(21-10-11-21)18-32-26(22-8-6-5-7-9-22)31-17-24(28-3)27(32)33/h5-9,12-14,16-17,28,30H,4,10-11,15,18H2,1-3H3/b19-14+. The van der Waals surface area contributed by atoms with Gasteiger partial charge in [0.15, 0.2) is 0 Å². The molecule has 0 radical (unpaired) electrons. The second kappa shape index (κ2) is 10.3. The number of nitrogens with one attached hydrogen (secondary N) is 2. The Morgan fingerprint density at radius 1 is 1.15 bits per heavy atom. The van der Waals surface area contributed by atoms with Gasteiger partial charge in [-0.05, 0) is 49.0 Å². The van der Waals surface area contributed by atoms with Gasteiger partial charge in [-0.25, -0.2) is 4.98 Å². The van der Waals surface area contributed by atoms with Crippen molar-refractivity contribution in [3.05, 3.63) is 93.3 Å². The Bertz CT molecular complexity index is 1230. The fourth-order valence-electron chi connectivity index (χ4n) is 3.89. The van der Waals surface area contributed by atoms with Crippen molar-refractivity contribution < 1.29 is 0 Å². The number of allylic oxidation sites excluding steroid dienone is 2. The summed E-state index contributed by atoms with van der Waals surface area (Å²) in [4.78, 5) is 22.1. The quantitative estimate of drug-likeness (QED) is 0.506. The molecule has 0 atom stereocenters. The third-order valence-electron chi connectivity index (χ3n) is 5.90. The molecule has 1 aromatic carbocycles. The number of pyridine rings is 1. The molecule has 2 N–H and O–H groups in total. The van der Waals surface area contributed by atoms with Crippen LogP contribution in [-0.2, 0) is 13.0 Å². The van der Waals surface area contributed by atoms with E-state index in [9.17, 15) is 4.79 Å². The zero-order valence-electron chi connectivity index (χ0n) is 19.6. The van der Waals surface area contributed by atoms with E-state index in [4.69, 9.17) is 0 Å². The van der Waals surface area contributed by atoms with Crippen molar-refractivity contribution in [2.75, 3.05) is 18.9 Å². The first-order valence-electron chi connectivity index (χ1n) is 11.5. The van der Waals surface area contributed by atoms with Crippen molar-refractivity contribution in [2.24, 2.45) is 0 Å². The predicted molar refractivity (Wildman–Crippen MR) is 135 cm³/mol. The lowest BCUT2D eigenvalue weighted by Gasteiger charge is -2.17. The lowest BCUT2D eigenvalue weighted by molar-refractivity contribution is 0.678. The van der Waals surface area contributed by atoms with Crippen LogP contribution >= 0.6 is 0 Å². The minimum atomic E-state index is -0.0675. The molecular weight excluding hydrogens is 410 g/mol. The summed E-state index contributed by atoms with van der Waals surface area (Å²) in [5.74, 6) is 0.676. The van der Waals surface area contributed by atoms with Crippen LogP contribution in [0.4, 0.5) is 5.69 Å². The summed E-state index contributed by atoms with van der Waals surface area (Å²) < 4.78 is 1.77. The van der Waals surface area contributed by atoms with Crippen molar-refractivity contribution in [1.29, 1.82) is 0 Å². The van der Waals surface area contributed by atoms with Crippen molar-refractivity contribution >= 4 is 11.8 Å². The highest BCUT2D eigenvalue weighted by atomic mass is 16.1. The fraction of sp³-hybridized carbons (Fsp3) is 0.296. The summed E-state index contributed by atoms with van der Waals surface area (Å²) in [6.45, 7) is 5.47. The van der Waals surface area contributed by atoms with Crippen LogP contribution in [0.5, 0.6) is 0 Å². The van der Waals surface area contributed by atoms with Crippen LogP contribution in [0.1, 0.15) is 37.8 Å². The minimum absolute atomic E-state index is 0.0675. The molecule has 1 aliphatic carbocycles. The Balaban J connectivity index is 1.59. The van der Waals surface area contributed by atoms with Gasteiger partial charge >= 0.3 is 0 Å². The molecule has 6 nitrogen and oxygen atoms in total. The maximum Gasteiger partial charge on any atom is 0.277 e. The highest BCUT2D eigenvalue weighted by Gasteiger charge is 2.20. The van der Waals surface area contributed by atoms with Gasteiger partial charge in [0.05, 0.1) is 12.7 Å². The number of hydrogen-bond acceptors (Lipinski definition) is 5. The topological polar surface area (TPSA) is 71.8 Å². The van der Waals surface area contributed by atoms with Gasteiger partial charge in [-0.15, -0.1) is 0 Å². The Morgan fingerprint density at radius 2 is 1.94 bits per heavy atom. The first-order chi connectivity index (χ1) is 16.1. The molecule has 2 heterocycles. The van der Waals surface area contributed by atoms with Gasteiger partial charge < -0.3 is 10.6 Å². The van der Waals surface area contributed by atoms with E-state index in [0.717, 1.165) is 36.1 Å². The second-order valence-corrected chi connectivity index (χ2v) is 8.36. The minimum Gasteiger partial charge on any atom is -0.383 e. The van der Waals surface area contributed by atoms with E-state index in [2.05, 4.69) is 46.6 Å². The summed E-state index contributed by atoms with van der Waals surface area (Å²) in [6, 6.07) is 11.9. The van der Waals surface area contributed by atoms with Crippen LogP contribution in [-0.4, -0.2) is 28.1 Å². The molecule has 3 aromatic rings. The van der Waals surface area contributed by atoms with E-state index in [1.165, 1.54) is 16.7 Å². The molecule has 33 heavy (non-hydrogen) atoms. The van der Waals surface area contributed by atoms with Gasteiger partial charge in [0.1, 0.15) is 11.5 Å². The molecule has 1 fully saturated rings. The number of anilines is 1. The molecule has 6 heteroatoms. The average Bonchev–Trinajstić information content (AvgIpc) is 3.69. The number of aryl methyl sites for hydroxylation is 1. The molecule has 0 spiro atoms. The van der Waals surface area contributed by atoms with Crippen LogP contribution in [0.25, 0.3) is 17.5 Å². The van der Waals surface area contributed by atoms with Gasteiger partial charge in [-0.2, -0.15) is 0 Å². The Morgan fingerprint density at radius 3 is 2.64 bits per heavy atom. The molecule has 1 aliphatic rings. The molecule has 0 unspecified atom stereocenters. The van der Waals surface area contributed by atoms with Crippen LogP contribution < -0.4 is 16.2 Å². The molecular formula is C27H31N5O. The molecule has 0 amide bonds. The number of aromatic nitrogens is 3. The van der Waals surface area contributed by atoms with Gasteiger partial charge in [0.2, 0.25) is 0 Å². The molecule has 1 saturated carbocycles.